The number of aromatic nitrogens is 4. The lowest BCUT2D eigenvalue weighted by molar-refractivity contribution is -0.116. The van der Waals surface area contributed by atoms with Gasteiger partial charge in [0.2, 0.25) is 5.91 Å². The molecular formula is C23H21N5O3. The molecule has 1 aromatic carbocycles. The molecule has 1 amide bonds. The molecule has 0 atom stereocenters. The van der Waals surface area contributed by atoms with Crippen LogP contribution in [0.5, 0.6) is 0 Å². The summed E-state index contributed by atoms with van der Waals surface area (Å²) >= 11 is 0. The van der Waals surface area contributed by atoms with Crippen molar-refractivity contribution >= 4 is 22.6 Å². The van der Waals surface area contributed by atoms with Gasteiger partial charge in [-0.1, -0.05) is 31.2 Å². The molecule has 31 heavy (non-hydrogen) atoms. The first-order chi connectivity index (χ1) is 15.1. The van der Waals surface area contributed by atoms with Crippen LogP contribution in [-0.4, -0.2) is 25.0 Å². The maximum atomic E-state index is 13.2. The lowest BCUT2D eigenvalue weighted by Crippen LogP contribution is -2.42. The molecule has 3 aromatic heterocycles. The molecule has 4 aromatic rings. The first-order valence-electron chi connectivity index (χ1n) is 9.93. The van der Waals surface area contributed by atoms with E-state index in [0.29, 0.717) is 16.8 Å². The van der Waals surface area contributed by atoms with Crippen molar-refractivity contribution in [3.05, 3.63) is 99.1 Å². The summed E-state index contributed by atoms with van der Waals surface area (Å²) in [6.07, 6.45) is 5.46. The zero-order valence-electron chi connectivity index (χ0n) is 17.0. The number of pyridine rings is 2. The number of nitrogens with zero attached hydrogens (tertiary/aromatic N) is 4. The molecular weight excluding hydrogens is 394 g/mol. The third kappa shape index (κ3) is 4.13. The summed E-state index contributed by atoms with van der Waals surface area (Å²) in [6.45, 7) is 1.80. The van der Waals surface area contributed by atoms with Crippen LogP contribution in [-0.2, 0) is 24.3 Å². The number of para-hydroxylation sites is 1. The van der Waals surface area contributed by atoms with Crippen LogP contribution >= 0.6 is 0 Å². The molecule has 0 aliphatic carbocycles. The highest BCUT2D eigenvalue weighted by Crippen LogP contribution is 2.15. The standard InChI is InChI=1S/C23H21N5O3/c1-2-17-8-3-4-9-18(17)26-20(29)15-27-19-10-6-12-25-21(19)22(30)28(23(27)31)14-16-7-5-11-24-13-16/h3-13H,2,14-15H2,1H3,(H,26,29). The van der Waals surface area contributed by atoms with Crippen molar-refractivity contribution in [2.45, 2.75) is 26.4 Å². The Kier molecular flexibility index (Phi) is 5.70. The van der Waals surface area contributed by atoms with E-state index in [1.165, 1.54) is 10.8 Å². The minimum Gasteiger partial charge on any atom is -0.324 e. The van der Waals surface area contributed by atoms with E-state index in [0.717, 1.165) is 16.6 Å². The van der Waals surface area contributed by atoms with E-state index in [4.69, 9.17) is 0 Å². The molecule has 0 unspecified atom stereocenters. The highest BCUT2D eigenvalue weighted by Gasteiger charge is 2.17. The van der Waals surface area contributed by atoms with Crippen LogP contribution in [0.3, 0.4) is 0 Å². The van der Waals surface area contributed by atoms with Crippen molar-refractivity contribution in [2.24, 2.45) is 0 Å². The number of rotatable bonds is 6. The van der Waals surface area contributed by atoms with E-state index >= 15 is 0 Å². The molecule has 1 N–H and O–H groups in total. The van der Waals surface area contributed by atoms with Gasteiger partial charge in [0.25, 0.3) is 5.56 Å². The second-order valence-corrected chi connectivity index (χ2v) is 7.05. The molecule has 0 aliphatic rings. The van der Waals surface area contributed by atoms with Gasteiger partial charge in [-0.2, -0.15) is 0 Å². The Labute approximate surface area is 177 Å². The number of hydrogen-bond acceptors (Lipinski definition) is 5. The van der Waals surface area contributed by atoms with E-state index in [-0.39, 0.29) is 24.5 Å². The van der Waals surface area contributed by atoms with Gasteiger partial charge in [-0.3, -0.25) is 23.7 Å². The molecule has 0 saturated carbocycles. The van der Waals surface area contributed by atoms with Gasteiger partial charge in [0.1, 0.15) is 6.54 Å². The molecule has 3 heterocycles. The Morgan fingerprint density at radius 3 is 2.58 bits per heavy atom. The molecule has 0 aliphatic heterocycles. The van der Waals surface area contributed by atoms with Crippen LogP contribution in [0, 0.1) is 0 Å². The quantitative estimate of drug-likeness (QED) is 0.521. The fourth-order valence-electron chi connectivity index (χ4n) is 3.49. The van der Waals surface area contributed by atoms with E-state index in [2.05, 4.69) is 15.3 Å². The predicted molar refractivity (Wildman–Crippen MR) is 118 cm³/mol. The highest BCUT2D eigenvalue weighted by molar-refractivity contribution is 5.92. The fourth-order valence-corrected chi connectivity index (χ4v) is 3.49. The number of aryl methyl sites for hydroxylation is 1. The van der Waals surface area contributed by atoms with E-state index in [9.17, 15) is 14.4 Å². The molecule has 0 fully saturated rings. The third-order valence-corrected chi connectivity index (χ3v) is 5.02. The zero-order valence-corrected chi connectivity index (χ0v) is 17.0. The van der Waals surface area contributed by atoms with E-state index in [1.54, 1.807) is 36.7 Å². The highest BCUT2D eigenvalue weighted by atomic mass is 16.2. The first kappa shape index (κ1) is 20.2. The van der Waals surface area contributed by atoms with Gasteiger partial charge in [-0.25, -0.2) is 9.78 Å². The van der Waals surface area contributed by atoms with Gasteiger partial charge in [-0.15, -0.1) is 0 Å². The maximum Gasteiger partial charge on any atom is 0.332 e. The summed E-state index contributed by atoms with van der Waals surface area (Å²) in [6, 6.07) is 14.3. The second-order valence-electron chi connectivity index (χ2n) is 7.05. The average Bonchev–Trinajstić information content (AvgIpc) is 2.80. The molecule has 0 bridgehead atoms. The van der Waals surface area contributed by atoms with Gasteiger partial charge in [0.05, 0.1) is 12.1 Å². The van der Waals surface area contributed by atoms with Crippen molar-refractivity contribution in [1.29, 1.82) is 0 Å². The molecule has 8 heteroatoms. The first-order valence-corrected chi connectivity index (χ1v) is 9.93. The smallest absolute Gasteiger partial charge is 0.324 e. The number of benzene rings is 1. The Balaban J connectivity index is 1.75. The summed E-state index contributed by atoms with van der Waals surface area (Å²) in [7, 11) is 0. The van der Waals surface area contributed by atoms with Crippen LogP contribution in [0.1, 0.15) is 18.1 Å². The number of nitrogens with one attached hydrogen (secondary N) is 1. The summed E-state index contributed by atoms with van der Waals surface area (Å²) in [5, 5.41) is 2.87. The Bertz CT molecular complexity index is 1360. The lowest BCUT2D eigenvalue weighted by atomic mass is 10.1. The number of carbonyl (C=O) groups excluding carboxylic acids is 1. The summed E-state index contributed by atoms with van der Waals surface area (Å²) in [4.78, 5) is 47.2. The third-order valence-electron chi connectivity index (χ3n) is 5.02. The normalized spacial score (nSPS) is 10.9. The molecule has 8 nitrogen and oxygen atoms in total. The van der Waals surface area contributed by atoms with Crippen molar-refractivity contribution in [3.8, 4) is 0 Å². The predicted octanol–water partition coefficient (Wildman–Crippen LogP) is 2.20. The monoisotopic (exact) mass is 415 g/mol. The van der Waals surface area contributed by atoms with E-state index < -0.39 is 11.2 Å². The van der Waals surface area contributed by atoms with E-state index in [1.807, 2.05) is 31.2 Å². The van der Waals surface area contributed by atoms with Crippen molar-refractivity contribution in [3.63, 3.8) is 0 Å². The number of anilines is 1. The number of fused-ring (bicyclic) bond motifs is 1. The van der Waals surface area contributed by atoms with Crippen LogP contribution in [0.15, 0.2) is 76.7 Å². The number of amides is 1. The molecule has 0 saturated heterocycles. The number of hydrogen-bond donors (Lipinski definition) is 1. The van der Waals surface area contributed by atoms with Crippen molar-refractivity contribution in [2.75, 3.05) is 5.32 Å². The lowest BCUT2D eigenvalue weighted by Gasteiger charge is -2.14. The van der Waals surface area contributed by atoms with Gasteiger partial charge >= 0.3 is 5.69 Å². The Hall–Kier alpha value is -4.07. The Morgan fingerprint density at radius 1 is 1.00 bits per heavy atom. The SMILES string of the molecule is CCc1ccccc1NC(=O)Cn1c(=O)n(Cc2cccnc2)c(=O)c2ncccc21. The molecule has 156 valence electrons. The second kappa shape index (κ2) is 8.74. The largest absolute Gasteiger partial charge is 0.332 e. The zero-order chi connectivity index (χ0) is 21.8. The maximum absolute atomic E-state index is 13.2. The van der Waals surface area contributed by atoms with Crippen LogP contribution < -0.4 is 16.6 Å². The van der Waals surface area contributed by atoms with Gasteiger partial charge in [0.15, 0.2) is 5.52 Å². The van der Waals surface area contributed by atoms with Crippen molar-refractivity contribution in [1.82, 2.24) is 19.1 Å². The fraction of sp³-hybridized carbons (Fsp3) is 0.174. The average molecular weight is 415 g/mol. The van der Waals surface area contributed by atoms with Gasteiger partial charge in [-0.05, 0) is 41.8 Å². The summed E-state index contributed by atoms with van der Waals surface area (Å²) < 4.78 is 2.36. The van der Waals surface area contributed by atoms with Gasteiger partial charge < -0.3 is 5.32 Å². The topological polar surface area (TPSA) is 98.9 Å². The molecule has 4 rings (SSSR count). The summed E-state index contributed by atoms with van der Waals surface area (Å²) in [5.41, 5.74) is 1.77. The minimum atomic E-state index is -0.576. The summed E-state index contributed by atoms with van der Waals surface area (Å²) in [5.74, 6) is -0.361. The van der Waals surface area contributed by atoms with Crippen LogP contribution in [0.25, 0.3) is 11.0 Å². The molecule has 0 radical (unpaired) electrons. The minimum absolute atomic E-state index is 0.0400. The van der Waals surface area contributed by atoms with Crippen molar-refractivity contribution < 1.29 is 4.79 Å². The van der Waals surface area contributed by atoms with Crippen LogP contribution in [0.4, 0.5) is 5.69 Å². The number of carbonyl (C=O) groups is 1. The van der Waals surface area contributed by atoms with Gasteiger partial charge in [0, 0.05) is 24.3 Å². The molecule has 0 spiro atoms. The van der Waals surface area contributed by atoms with Crippen LogP contribution in [0.2, 0.25) is 0 Å². The Morgan fingerprint density at radius 2 is 1.81 bits per heavy atom.